The summed E-state index contributed by atoms with van der Waals surface area (Å²) in [6, 6.07) is 5.31. The lowest BCUT2D eigenvalue weighted by Gasteiger charge is -2.20. The topological polar surface area (TPSA) is 58.4 Å². The van der Waals surface area contributed by atoms with Crippen LogP contribution in [0, 0.1) is 0 Å². The van der Waals surface area contributed by atoms with Gasteiger partial charge in [-0.15, -0.1) is 0 Å². The second kappa shape index (κ2) is 8.06. The third-order valence-corrected chi connectivity index (χ3v) is 6.90. The molecule has 26 heavy (non-hydrogen) atoms. The molecule has 2 heterocycles. The number of rotatable bonds is 6. The SMILES string of the molecule is CCCn1c(CN2CCCCCC2)nc2cc(S(=O)(=O)N(C)C)ccc21. The summed E-state index contributed by atoms with van der Waals surface area (Å²) in [4.78, 5) is 7.62. The third kappa shape index (κ3) is 3.94. The molecule has 0 saturated carbocycles. The van der Waals surface area contributed by atoms with Crippen molar-refractivity contribution in [1.82, 2.24) is 18.8 Å². The Labute approximate surface area is 156 Å². The standard InChI is InChI=1S/C19H30N4O2S/c1-4-11-23-18-10-9-16(26(24,25)21(2)3)14-17(18)20-19(23)15-22-12-7-5-6-8-13-22/h9-10,14H,4-8,11-13,15H2,1-3H3. The van der Waals surface area contributed by atoms with Gasteiger partial charge in [0.2, 0.25) is 10.0 Å². The lowest BCUT2D eigenvalue weighted by Crippen LogP contribution is -2.26. The zero-order valence-electron chi connectivity index (χ0n) is 16.1. The molecule has 7 heteroatoms. The number of hydrogen-bond donors (Lipinski definition) is 0. The molecule has 1 fully saturated rings. The number of aromatic nitrogens is 2. The van der Waals surface area contributed by atoms with Crippen LogP contribution >= 0.6 is 0 Å². The maximum absolute atomic E-state index is 12.4. The van der Waals surface area contributed by atoms with Crippen LogP contribution in [0.25, 0.3) is 11.0 Å². The molecule has 2 aromatic rings. The van der Waals surface area contributed by atoms with Crippen LogP contribution in [0.15, 0.2) is 23.1 Å². The average molecular weight is 379 g/mol. The smallest absolute Gasteiger partial charge is 0.242 e. The lowest BCUT2D eigenvalue weighted by atomic mass is 10.2. The van der Waals surface area contributed by atoms with Gasteiger partial charge in [0.05, 0.1) is 22.5 Å². The molecule has 0 radical (unpaired) electrons. The molecule has 0 N–H and O–H groups in total. The Balaban J connectivity index is 1.98. The molecule has 1 saturated heterocycles. The van der Waals surface area contributed by atoms with Crippen molar-refractivity contribution in [3.05, 3.63) is 24.0 Å². The first-order valence-electron chi connectivity index (χ1n) is 9.57. The Kier molecular flexibility index (Phi) is 5.99. The van der Waals surface area contributed by atoms with Crippen LogP contribution in [0.1, 0.15) is 44.9 Å². The molecule has 0 bridgehead atoms. The number of aryl methyl sites for hydroxylation is 1. The van der Waals surface area contributed by atoms with Gasteiger partial charge in [-0.3, -0.25) is 4.90 Å². The molecular formula is C19H30N4O2S. The van der Waals surface area contributed by atoms with Crippen molar-refractivity contribution in [2.24, 2.45) is 0 Å². The zero-order chi connectivity index (χ0) is 18.7. The van der Waals surface area contributed by atoms with E-state index < -0.39 is 10.0 Å². The minimum absolute atomic E-state index is 0.303. The van der Waals surface area contributed by atoms with Gasteiger partial charge in [0.25, 0.3) is 0 Å². The second-order valence-electron chi connectivity index (χ2n) is 7.31. The molecule has 1 aliphatic rings. The number of nitrogens with zero attached hydrogens (tertiary/aromatic N) is 4. The first-order chi connectivity index (χ1) is 12.4. The van der Waals surface area contributed by atoms with Gasteiger partial charge in [-0.25, -0.2) is 17.7 Å². The molecule has 144 valence electrons. The highest BCUT2D eigenvalue weighted by molar-refractivity contribution is 7.89. The van der Waals surface area contributed by atoms with Crippen LogP contribution in [-0.2, 0) is 23.1 Å². The van der Waals surface area contributed by atoms with Crippen LogP contribution in [0.3, 0.4) is 0 Å². The van der Waals surface area contributed by atoms with E-state index in [1.807, 2.05) is 6.07 Å². The van der Waals surface area contributed by atoms with Gasteiger partial charge in [0.1, 0.15) is 5.82 Å². The summed E-state index contributed by atoms with van der Waals surface area (Å²) < 4.78 is 28.4. The highest BCUT2D eigenvalue weighted by atomic mass is 32.2. The number of likely N-dealkylation sites (tertiary alicyclic amines) is 1. The molecular weight excluding hydrogens is 348 g/mol. The van der Waals surface area contributed by atoms with E-state index in [-0.39, 0.29) is 0 Å². The Morgan fingerprint density at radius 2 is 1.81 bits per heavy atom. The molecule has 3 rings (SSSR count). The summed E-state index contributed by atoms with van der Waals surface area (Å²) in [7, 11) is -0.332. The van der Waals surface area contributed by atoms with E-state index in [9.17, 15) is 8.42 Å². The quantitative estimate of drug-likeness (QED) is 0.775. The van der Waals surface area contributed by atoms with Gasteiger partial charge in [-0.1, -0.05) is 19.8 Å². The van der Waals surface area contributed by atoms with Gasteiger partial charge in [0.15, 0.2) is 0 Å². The third-order valence-electron chi connectivity index (χ3n) is 5.09. The van der Waals surface area contributed by atoms with Crippen LogP contribution in [-0.4, -0.2) is 54.4 Å². The molecule has 1 aromatic carbocycles. The fourth-order valence-corrected chi connectivity index (χ4v) is 4.54. The molecule has 0 spiro atoms. The number of fused-ring (bicyclic) bond motifs is 1. The Morgan fingerprint density at radius 1 is 1.12 bits per heavy atom. The van der Waals surface area contributed by atoms with E-state index >= 15 is 0 Å². The van der Waals surface area contributed by atoms with Gasteiger partial charge < -0.3 is 4.57 Å². The summed E-state index contributed by atoms with van der Waals surface area (Å²) in [6.07, 6.45) is 6.15. The van der Waals surface area contributed by atoms with Gasteiger partial charge >= 0.3 is 0 Å². The fraction of sp³-hybridized carbons (Fsp3) is 0.632. The fourth-order valence-electron chi connectivity index (χ4n) is 3.62. The van der Waals surface area contributed by atoms with Gasteiger partial charge in [-0.05, 0) is 50.6 Å². The van der Waals surface area contributed by atoms with E-state index in [1.165, 1.54) is 30.0 Å². The summed E-state index contributed by atoms with van der Waals surface area (Å²) in [5, 5.41) is 0. The van der Waals surface area contributed by atoms with Crippen LogP contribution in [0.2, 0.25) is 0 Å². The predicted molar refractivity (Wildman–Crippen MR) is 105 cm³/mol. The van der Waals surface area contributed by atoms with Gasteiger partial charge in [0, 0.05) is 20.6 Å². The monoisotopic (exact) mass is 378 g/mol. The van der Waals surface area contributed by atoms with Crippen LogP contribution in [0.5, 0.6) is 0 Å². The van der Waals surface area contributed by atoms with E-state index in [4.69, 9.17) is 4.98 Å². The largest absolute Gasteiger partial charge is 0.327 e. The minimum Gasteiger partial charge on any atom is -0.327 e. The average Bonchev–Trinajstić information content (AvgIpc) is 2.77. The summed E-state index contributed by atoms with van der Waals surface area (Å²) in [6.45, 7) is 6.14. The number of benzene rings is 1. The molecule has 1 aliphatic heterocycles. The lowest BCUT2D eigenvalue weighted by molar-refractivity contribution is 0.266. The molecule has 6 nitrogen and oxygen atoms in total. The van der Waals surface area contributed by atoms with Crippen molar-refractivity contribution in [2.45, 2.75) is 57.0 Å². The summed E-state index contributed by atoms with van der Waals surface area (Å²) in [5.41, 5.74) is 1.79. The van der Waals surface area contributed by atoms with E-state index in [1.54, 1.807) is 26.2 Å². The van der Waals surface area contributed by atoms with E-state index in [0.29, 0.717) is 4.90 Å². The zero-order valence-corrected chi connectivity index (χ0v) is 16.9. The molecule has 0 atom stereocenters. The van der Waals surface area contributed by atoms with Crippen LogP contribution < -0.4 is 0 Å². The van der Waals surface area contributed by atoms with E-state index in [0.717, 1.165) is 49.5 Å². The minimum atomic E-state index is -3.44. The Morgan fingerprint density at radius 3 is 2.42 bits per heavy atom. The van der Waals surface area contributed by atoms with Crippen LogP contribution in [0.4, 0.5) is 0 Å². The maximum Gasteiger partial charge on any atom is 0.242 e. The summed E-state index contributed by atoms with van der Waals surface area (Å²) in [5.74, 6) is 1.04. The predicted octanol–water partition coefficient (Wildman–Crippen LogP) is 3.07. The number of sulfonamides is 1. The highest BCUT2D eigenvalue weighted by Crippen LogP contribution is 2.24. The first kappa shape index (κ1) is 19.3. The second-order valence-corrected chi connectivity index (χ2v) is 9.46. The van der Waals surface area contributed by atoms with Gasteiger partial charge in [-0.2, -0.15) is 0 Å². The molecule has 1 aromatic heterocycles. The number of hydrogen-bond acceptors (Lipinski definition) is 4. The normalized spacial score (nSPS) is 17.1. The highest BCUT2D eigenvalue weighted by Gasteiger charge is 2.20. The maximum atomic E-state index is 12.4. The van der Waals surface area contributed by atoms with Crippen molar-refractivity contribution in [2.75, 3.05) is 27.2 Å². The number of imidazole rings is 1. The van der Waals surface area contributed by atoms with Crippen molar-refractivity contribution in [3.63, 3.8) is 0 Å². The Bertz CT molecular complexity index is 850. The summed E-state index contributed by atoms with van der Waals surface area (Å²) >= 11 is 0. The first-order valence-corrected chi connectivity index (χ1v) is 11.0. The Hall–Kier alpha value is -1.44. The van der Waals surface area contributed by atoms with Crippen molar-refractivity contribution >= 4 is 21.1 Å². The molecule has 0 amide bonds. The van der Waals surface area contributed by atoms with Crippen molar-refractivity contribution in [1.29, 1.82) is 0 Å². The van der Waals surface area contributed by atoms with Crippen molar-refractivity contribution in [3.8, 4) is 0 Å². The van der Waals surface area contributed by atoms with E-state index in [2.05, 4.69) is 16.4 Å². The molecule has 0 aliphatic carbocycles. The van der Waals surface area contributed by atoms with Crippen molar-refractivity contribution < 1.29 is 8.42 Å². The molecule has 0 unspecified atom stereocenters.